The van der Waals surface area contributed by atoms with Crippen molar-refractivity contribution in [2.75, 3.05) is 7.11 Å². The summed E-state index contributed by atoms with van der Waals surface area (Å²) in [7, 11) is 1.77. The summed E-state index contributed by atoms with van der Waals surface area (Å²) in [6, 6.07) is 4.01. The van der Waals surface area contributed by atoms with Crippen LogP contribution in [0, 0.1) is 0 Å². The highest BCUT2D eigenvalue weighted by molar-refractivity contribution is 6.17. The average molecular weight is 298 g/mol. The molecule has 2 rings (SSSR count). The van der Waals surface area contributed by atoms with Crippen molar-refractivity contribution in [3.63, 3.8) is 0 Å². The van der Waals surface area contributed by atoms with E-state index in [9.17, 15) is 0 Å². The van der Waals surface area contributed by atoms with E-state index < -0.39 is 0 Å². The molecule has 1 fully saturated rings. The van der Waals surface area contributed by atoms with E-state index in [2.05, 4.69) is 24.9 Å². The smallest absolute Gasteiger partial charge is 0.214 e. The van der Waals surface area contributed by atoms with Gasteiger partial charge in [-0.1, -0.05) is 13.8 Å². The van der Waals surface area contributed by atoms with E-state index in [-0.39, 0.29) is 6.10 Å². The molecule has 0 amide bonds. The summed E-state index contributed by atoms with van der Waals surface area (Å²) in [5.41, 5.74) is 2.11. The van der Waals surface area contributed by atoms with Gasteiger partial charge in [-0.25, -0.2) is 4.98 Å². The fraction of sp³-hybridized carbons (Fsp3) is 0.688. The number of rotatable bonds is 5. The van der Waals surface area contributed by atoms with Crippen LogP contribution in [0.3, 0.4) is 0 Å². The van der Waals surface area contributed by atoms with Gasteiger partial charge in [0.1, 0.15) is 6.10 Å². The number of methoxy groups -OCH3 is 1. The topological polar surface area (TPSA) is 31.4 Å². The maximum absolute atomic E-state index is 6.07. The molecule has 0 aromatic carbocycles. The number of ether oxygens (including phenoxy) is 2. The molecule has 0 radical (unpaired) electrons. The minimum absolute atomic E-state index is 0.201. The molecule has 1 aliphatic rings. The summed E-state index contributed by atoms with van der Waals surface area (Å²) < 4.78 is 11.5. The van der Waals surface area contributed by atoms with Crippen molar-refractivity contribution in [3.05, 3.63) is 23.4 Å². The van der Waals surface area contributed by atoms with Crippen LogP contribution in [0.4, 0.5) is 0 Å². The summed E-state index contributed by atoms with van der Waals surface area (Å²) in [5.74, 6) is 1.57. The first-order valence-corrected chi connectivity index (χ1v) is 7.92. The Morgan fingerprint density at radius 3 is 2.70 bits per heavy atom. The molecule has 2 atom stereocenters. The van der Waals surface area contributed by atoms with Crippen LogP contribution >= 0.6 is 11.6 Å². The maximum atomic E-state index is 6.07. The third-order valence-electron chi connectivity index (χ3n) is 3.83. The second kappa shape index (κ2) is 7.28. The summed E-state index contributed by atoms with van der Waals surface area (Å²) in [6.07, 6.45) is 4.81. The predicted octanol–water partition coefficient (Wildman–Crippen LogP) is 4.28. The van der Waals surface area contributed by atoms with Crippen LogP contribution in [0.15, 0.2) is 12.1 Å². The SMILES string of the molecule is COC1CCCC(Oc2cc(CCl)cc(C(C)C)n2)C1. The molecule has 0 spiro atoms. The van der Waals surface area contributed by atoms with Crippen LogP contribution < -0.4 is 4.74 Å². The first-order chi connectivity index (χ1) is 9.62. The van der Waals surface area contributed by atoms with Gasteiger partial charge in [0.15, 0.2) is 0 Å². The van der Waals surface area contributed by atoms with Gasteiger partial charge in [0.2, 0.25) is 5.88 Å². The predicted molar refractivity (Wildman–Crippen MR) is 81.6 cm³/mol. The lowest BCUT2D eigenvalue weighted by molar-refractivity contribution is 0.0194. The Morgan fingerprint density at radius 1 is 1.30 bits per heavy atom. The number of halogens is 1. The molecule has 0 bridgehead atoms. The molecule has 0 N–H and O–H groups in total. The molecule has 20 heavy (non-hydrogen) atoms. The summed E-state index contributed by atoms with van der Waals surface area (Å²) in [5, 5.41) is 0. The quantitative estimate of drug-likeness (QED) is 0.760. The molecule has 1 heterocycles. The molecule has 1 saturated carbocycles. The number of hydrogen-bond donors (Lipinski definition) is 0. The highest BCUT2D eigenvalue weighted by Gasteiger charge is 2.23. The van der Waals surface area contributed by atoms with E-state index in [0.29, 0.717) is 23.8 Å². The van der Waals surface area contributed by atoms with Gasteiger partial charge in [0.25, 0.3) is 0 Å². The Bertz CT molecular complexity index is 436. The molecule has 3 nitrogen and oxygen atoms in total. The van der Waals surface area contributed by atoms with Crippen LogP contribution in [-0.4, -0.2) is 24.3 Å². The van der Waals surface area contributed by atoms with Gasteiger partial charge in [-0.15, -0.1) is 11.6 Å². The van der Waals surface area contributed by atoms with E-state index in [1.165, 1.54) is 0 Å². The molecule has 112 valence electrons. The van der Waals surface area contributed by atoms with Crippen LogP contribution in [0.5, 0.6) is 5.88 Å². The van der Waals surface area contributed by atoms with E-state index in [0.717, 1.165) is 36.9 Å². The average Bonchev–Trinajstić information content (AvgIpc) is 2.47. The zero-order valence-corrected chi connectivity index (χ0v) is 13.3. The van der Waals surface area contributed by atoms with E-state index in [1.54, 1.807) is 7.11 Å². The van der Waals surface area contributed by atoms with Gasteiger partial charge >= 0.3 is 0 Å². The zero-order valence-electron chi connectivity index (χ0n) is 12.6. The molecule has 0 saturated heterocycles. The van der Waals surface area contributed by atoms with Crippen molar-refractivity contribution in [1.82, 2.24) is 4.98 Å². The monoisotopic (exact) mass is 297 g/mol. The second-order valence-corrected chi connectivity index (χ2v) is 6.06. The van der Waals surface area contributed by atoms with Crippen molar-refractivity contribution < 1.29 is 9.47 Å². The van der Waals surface area contributed by atoms with Crippen LogP contribution in [-0.2, 0) is 10.6 Å². The summed E-state index contributed by atoms with van der Waals surface area (Å²) in [6.45, 7) is 4.26. The second-order valence-electron chi connectivity index (χ2n) is 5.79. The highest BCUT2D eigenvalue weighted by Crippen LogP contribution is 2.26. The van der Waals surface area contributed by atoms with Gasteiger partial charge in [-0.3, -0.25) is 0 Å². The van der Waals surface area contributed by atoms with E-state index in [1.807, 2.05) is 6.07 Å². The van der Waals surface area contributed by atoms with E-state index in [4.69, 9.17) is 21.1 Å². The van der Waals surface area contributed by atoms with Gasteiger partial charge in [-0.05, 0) is 36.8 Å². The van der Waals surface area contributed by atoms with E-state index >= 15 is 0 Å². The Kier molecular flexibility index (Phi) is 5.67. The molecule has 1 aromatic rings. The fourth-order valence-corrected chi connectivity index (χ4v) is 2.76. The Labute approximate surface area is 126 Å². The molecule has 1 aliphatic carbocycles. The minimum atomic E-state index is 0.201. The van der Waals surface area contributed by atoms with Crippen LogP contribution in [0.25, 0.3) is 0 Å². The van der Waals surface area contributed by atoms with Gasteiger partial charge < -0.3 is 9.47 Å². The van der Waals surface area contributed by atoms with Crippen LogP contribution in [0.2, 0.25) is 0 Å². The largest absolute Gasteiger partial charge is 0.474 e. The number of pyridine rings is 1. The standard InChI is InChI=1S/C16H24ClNO2/c1-11(2)15-7-12(10-17)8-16(18-15)20-14-6-4-5-13(9-14)19-3/h7-8,11,13-14H,4-6,9-10H2,1-3H3. The third kappa shape index (κ3) is 4.10. The molecular weight excluding hydrogens is 274 g/mol. The summed E-state index contributed by atoms with van der Waals surface area (Å²) in [4.78, 5) is 4.60. The zero-order chi connectivity index (χ0) is 14.5. The summed E-state index contributed by atoms with van der Waals surface area (Å²) >= 11 is 5.96. The number of alkyl halides is 1. The van der Waals surface area contributed by atoms with Crippen LogP contribution in [0.1, 0.15) is 56.7 Å². The van der Waals surface area contributed by atoms with Crippen molar-refractivity contribution in [3.8, 4) is 5.88 Å². The Hall–Kier alpha value is -0.800. The number of hydrogen-bond acceptors (Lipinski definition) is 3. The van der Waals surface area contributed by atoms with Gasteiger partial charge in [0, 0.05) is 31.2 Å². The molecule has 0 aliphatic heterocycles. The lowest BCUT2D eigenvalue weighted by Gasteiger charge is -2.28. The van der Waals surface area contributed by atoms with Gasteiger partial charge in [0.05, 0.1) is 6.10 Å². The molecular formula is C16H24ClNO2. The van der Waals surface area contributed by atoms with Crippen molar-refractivity contribution in [2.45, 2.75) is 63.5 Å². The highest BCUT2D eigenvalue weighted by atomic mass is 35.5. The molecule has 1 aromatic heterocycles. The first-order valence-electron chi connectivity index (χ1n) is 7.38. The van der Waals surface area contributed by atoms with Crippen molar-refractivity contribution >= 4 is 11.6 Å². The minimum Gasteiger partial charge on any atom is -0.474 e. The molecule has 2 unspecified atom stereocenters. The molecule has 4 heteroatoms. The number of nitrogens with zero attached hydrogens (tertiary/aromatic N) is 1. The fourth-order valence-electron chi connectivity index (χ4n) is 2.61. The Balaban J connectivity index is 2.09. The maximum Gasteiger partial charge on any atom is 0.214 e. The first kappa shape index (κ1) is 15.6. The lowest BCUT2D eigenvalue weighted by Crippen LogP contribution is -2.29. The van der Waals surface area contributed by atoms with Crippen molar-refractivity contribution in [1.29, 1.82) is 0 Å². The Morgan fingerprint density at radius 2 is 2.05 bits per heavy atom. The lowest BCUT2D eigenvalue weighted by atomic mass is 9.95. The van der Waals surface area contributed by atoms with Crippen molar-refractivity contribution in [2.24, 2.45) is 0 Å². The normalized spacial score (nSPS) is 23.1. The van der Waals surface area contributed by atoms with Gasteiger partial charge in [-0.2, -0.15) is 0 Å². The third-order valence-corrected chi connectivity index (χ3v) is 4.13. The number of aromatic nitrogens is 1.